The van der Waals surface area contributed by atoms with E-state index < -0.39 is 0 Å². The molecule has 0 saturated carbocycles. The van der Waals surface area contributed by atoms with Gasteiger partial charge in [0, 0.05) is 24.1 Å². The summed E-state index contributed by atoms with van der Waals surface area (Å²) in [6.07, 6.45) is 3.84. The number of carbonyl (C=O) groups is 2. The number of aromatic nitrogens is 2. The molecule has 2 amide bonds. The highest BCUT2D eigenvalue weighted by molar-refractivity contribution is 5.93. The van der Waals surface area contributed by atoms with Crippen LogP contribution in [0.1, 0.15) is 30.9 Å². The zero-order valence-corrected chi connectivity index (χ0v) is 17.5. The molecule has 1 aliphatic heterocycles. The van der Waals surface area contributed by atoms with Crippen molar-refractivity contribution in [2.24, 2.45) is 0 Å². The molecule has 0 radical (unpaired) electrons. The molecular weight excluding hydrogens is 390 g/mol. The molecule has 1 aliphatic carbocycles. The van der Waals surface area contributed by atoms with Crippen LogP contribution in [0.5, 0.6) is 0 Å². The van der Waals surface area contributed by atoms with Crippen molar-refractivity contribution in [3.05, 3.63) is 65.7 Å². The van der Waals surface area contributed by atoms with E-state index in [9.17, 15) is 9.59 Å². The molecule has 2 N–H and O–H groups in total. The Kier molecular flexibility index (Phi) is 5.03. The molecular formula is C24H25N5O2. The zero-order chi connectivity index (χ0) is 21.4. The largest absolute Gasteiger partial charge is 0.309 e. The lowest BCUT2D eigenvalue weighted by molar-refractivity contribution is -0.122. The predicted molar refractivity (Wildman–Crippen MR) is 119 cm³/mol. The lowest BCUT2D eigenvalue weighted by Gasteiger charge is -2.19. The Morgan fingerprint density at radius 1 is 1.13 bits per heavy atom. The molecule has 1 atom stereocenters. The normalized spacial score (nSPS) is 18.1. The standard InChI is InChI=1S/C24H25N5O2/c1-16-12-23(30)27-28(16)15-24(31)25-22-14-21(26-29(22)20-8-3-2-4-9-20)19-11-10-17-6-5-7-18(17)13-19/h2-4,8-11,13-14,16H,5-7,12,15H2,1H3,(H,25,31)(H,27,30)/t16-/m0/s1. The van der Waals surface area contributed by atoms with Crippen molar-refractivity contribution in [2.45, 2.75) is 38.6 Å². The van der Waals surface area contributed by atoms with Gasteiger partial charge in [0.05, 0.1) is 17.9 Å². The second-order valence-corrected chi connectivity index (χ2v) is 8.26. The summed E-state index contributed by atoms with van der Waals surface area (Å²) in [6, 6.07) is 18.2. The third-order valence-electron chi connectivity index (χ3n) is 5.97. The van der Waals surface area contributed by atoms with E-state index in [1.807, 2.05) is 43.3 Å². The number of aryl methyl sites for hydroxylation is 2. The summed E-state index contributed by atoms with van der Waals surface area (Å²) < 4.78 is 1.76. The van der Waals surface area contributed by atoms with Crippen LogP contribution < -0.4 is 10.7 Å². The fourth-order valence-electron chi connectivity index (χ4n) is 4.34. The molecule has 1 aromatic heterocycles. The molecule has 31 heavy (non-hydrogen) atoms. The maximum Gasteiger partial charge on any atom is 0.241 e. The Morgan fingerprint density at radius 2 is 1.94 bits per heavy atom. The SMILES string of the molecule is C[C@H]1CC(=O)NN1CC(=O)Nc1cc(-c2ccc3c(c2)CCC3)nn1-c1ccccc1. The fraction of sp³-hybridized carbons (Fsp3) is 0.292. The van der Waals surface area contributed by atoms with Gasteiger partial charge in [-0.1, -0.05) is 30.3 Å². The molecule has 7 heteroatoms. The van der Waals surface area contributed by atoms with Crippen molar-refractivity contribution < 1.29 is 9.59 Å². The van der Waals surface area contributed by atoms with Crippen molar-refractivity contribution in [1.82, 2.24) is 20.2 Å². The third-order valence-corrected chi connectivity index (χ3v) is 5.97. The molecule has 5 rings (SSSR count). The number of nitrogens with zero attached hydrogens (tertiary/aromatic N) is 3. The Hall–Kier alpha value is -3.45. The van der Waals surface area contributed by atoms with Gasteiger partial charge in [-0.05, 0) is 55.5 Å². The van der Waals surface area contributed by atoms with E-state index in [2.05, 4.69) is 28.9 Å². The summed E-state index contributed by atoms with van der Waals surface area (Å²) in [5, 5.41) is 9.46. The van der Waals surface area contributed by atoms with Crippen LogP contribution in [-0.2, 0) is 22.4 Å². The van der Waals surface area contributed by atoms with E-state index >= 15 is 0 Å². The second kappa shape index (κ2) is 8.00. The van der Waals surface area contributed by atoms with Gasteiger partial charge in [-0.15, -0.1) is 0 Å². The number of benzene rings is 2. The topological polar surface area (TPSA) is 79.3 Å². The molecule has 158 valence electrons. The Labute approximate surface area is 181 Å². The van der Waals surface area contributed by atoms with E-state index in [4.69, 9.17) is 5.10 Å². The van der Waals surface area contributed by atoms with Crippen LogP contribution >= 0.6 is 0 Å². The molecule has 3 aromatic rings. The number of hydrazine groups is 1. The van der Waals surface area contributed by atoms with Gasteiger partial charge in [-0.3, -0.25) is 15.0 Å². The number of hydrogen-bond acceptors (Lipinski definition) is 4. The predicted octanol–water partition coefficient (Wildman–Crippen LogP) is 3.09. The number of anilines is 1. The molecule has 0 bridgehead atoms. The summed E-state index contributed by atoms with van der Waals surface area (Å²) in [5.74, 6) is 0.338. The van der Waals surface area contributed by atoms with Crippen LogP contribution in [0.4, 0.5) is 5.82 Å². The first-order chi connectivity index (χ1) is 15.1. The summed E-state index contributed by atoms with van der Waals surface area (Å²) in [6.45, 7) is 2.01. The number of fused-ring (bicyclic) bond motifs is 1. The highest BCUT2D eigenvalue weighted by Gasteiger charge is 2.28. The monoisotopic (exact) mass is 415 g/mol. The number of hydrogen-bond donors (Lipinski definition) is 2. The minimum Gasteiger partial charge on any atom is -0.309 e. The van der Waals surface area contributed by atoms with Gasteiger partial charge >= 0.3 is 0 Å². The van der Waals surface area contributed by atoms with Gasteiger partial charge < -0.3 is 5.32 Å². The minimum atomic E-state index is -0.202. The number of amides is 2. The maximum atomic E-state index is 12.8. The van der Waals surface area contributed by atoms with Crippen LogP contribution in [0.3, 0.4) is 0 Å². The van der Waals surface area contributed by atoms with Gasteiger partial charge in [0.1, 0.15) is 5.82 Å². The van der Waals surface area contributed by atoms with E-state index in [1.165, 1.54) is 17.5 Å². The Morgan fingerprint density at radius 3 is 2.71 bits per heavy atom. The number of para-hydroxylation sites is 1. The zero-order valence-electron chi connectivity index (χ0n) is 17.5. The molecule has 0 unspecified atom stereocenters. The van der Waals surface area contributed by atoms with Gasteiger partial charge in [0.15, 0.2) is 0 Å². The average molecular weight is 415 g/mol. The van der Waals surface area contributed by atoms with Crippen LogP contribution in [0.25, 0.3) is 16.9 Å². The molecule has 1 fully saturated rings. The fourth-order valence-corrected chi connectivity index (χ4v) is 4.34. The van der Waals surface area contributed by atoms with Gasteiger partial charge in [0.2, 0.25) is 11.8 Å². The summed E-state index contributed by atoms with van der Waals surface area (Å²) >= 11 is 0. The van der Waals surface area contributed by atoms with E-state index in [0.717, 1.165) is 29.8 Å². The van der Waals surface area contributed by atoms with Crippen LogP contribution in [-0.4, -0.2) is 39.2 Å². The minimum absolute atomic E-state index is 0.0146. The Bertz CT molecular complexity index is 1140. The number of nitrogens with one attached hydrogen (secondary N) is 2. The van der Waals surface area contributed by atoms with Crippen molar-refractivity contribution in [3.63, 3.8) is 0 Å². The van der Waals surface area contributed by atoms with Crippen molar-refractivity contribution in [2.75, 3.05) is 11.9 Å². The van der Waals surface area contributed by atoms with Crippen LogP contribution in [0.2, 0.25) is 0 Å². The van der Waals surface area contributed by atoms with Gasteiger partial charge in [0.25, 0.3) is 0 Å². The third kappa shape index (κ3) is 3.96. The highest BCUT2D eigenvalue weighted by Crippen LogP contribution is 2.30. The summed E-state index contributed by atoms with van der Waals surface area (Å²) in [4.78, 5) is 24.3. The number of rotatable bonds is 5. The molecule has 2 aromatic carbocycles. The number of carbonyl (C=O) groups excluding carboxylic acids is 2. The van der Waals surface area contributed by atoms with Crippen molar-refractivity contribution in [1.29, 1.82) is 0 Å². The van der Waals surface area contributed by atoms with Crippen LogP contribution in [0, 0.1) is 0 Å². The molecule has 1 saturated heterocycles. The van der Waals surface area contributed by atoms with Crippen molar-refractivity contribution in [3.8, 4) is 16.9 Å². The lowest BCUT2D eigenvalue weighted by Crippen LogP contribution is -2.42. The van der Waals surface area contributed by atoms with E-state index in [-0.39, 0.29) is 24.4 Å². The lowest BCUT2D eigenvalue weighted by atomic mass is 10.0. The average Bonchev–Trinajstić information content (AvgIpc) is 3.47. The molecule has 2 heterocycles. The first kappa shape index (κ1) is 19.5. The highest BCUT2D eigenvalue weighted by atomic mass is 16.2. The Balaban J connectivity index is 1.44. The molecule has 2 aliphatic rings. The van der Waals surface area contributed by atoms with Gasteiger partial charge in [-0.25, -0.2) is 9.69 Å². The first-order valence-corrected chi connectivity index (χ1v) is 10.7. The van der Waals surface area contributed by atoms with Gasteiger partial charge in [-0.2, -0.15) is 5.10 Å². The quantitative estimate of drug-likeness (QED) is 0.671. The van der Waals surface area contributed by atoms with E-state index in [1.54, 1.807) is 9.69 Å². The molecule has 0 spiro atoms. The van der Waals surface area contributed by atoms with Crippen molar-refractivity contribution >= 4 is 17.6 Å². The second-order valence-electron chi connectivity index (χ2n) is 8.26. The molecule has 7 nitrogen and oxygen atoms in total. The van der Waals surface area contributed by atoms with Crippen LogP contribution in [0.15, 0.2) is 54.6 Å². The first-order valence-electron chi connectivity index (χ1n) is 10.7. The smallest absolute Gasteiger partial charge is 0.241 e. The van der Waals surface area contributed by atoms with E-state index in [0.29, 0.717) is 12.2 Å². The summed E-state index contributed by atoms with van der Waals surface area (Å²) in [5.41, 5.74) is 8.27. The summed E-state index contributed by atoms with van der Waals surface area (Å²) in [7, 11) is 0. The maximum absolute atomic E-state index is 12.8.